The van der Waals surface area contributed by atoms with Crippen molar-refractivity contribution in [2.45, 2.75) is 19.4 Å². The second-order valence-corrected chi connectivity index (χ2v) is 6.12. The number of hydrogen-bond donors (Lipinski definition) is 0. The predicted molar refractivity (Wildman–Crippen MR) is 97.5 cm³/mol. The lowest BCUT2D eigenvalue weighted by Gasteiger charge is -2.17. The standard InChI is InChI=1S/C20H20FN3O3/c1-24(13-14-3-9-17(26-2)10-4-14)19(25)12-11-18-22-20(23-27-18)15-5-7-16(21)8-6-15/h3-10H,11-13H2,1-2H3. The zero-order valence-electron chi connectivity index (χ0n) is 15.2. The van der Waals surface area contributed by atoms with E-state index in [0.717, 1.165) is 11.3 Å². The van der Waals surface area contributed by atoms with Gasteiger partial charge in [0.1, 0.15) is 11.6 Å². The quantitative estimate of drug-likeness (QED) is 0.638. The molecule has 0 aliphatic heterocycles. The number of aromatic nitrogens is 2. The lowest BCUT2D eigenvalue weighted by Crippen LogP contribution is -2.26. The molecule has 0 fully saturated rings. The van der Waals surface area contributed by atoms with Crippen molar-refractivity contribution in [3.8, 4) is 17.1 Å². The molecule has 1 amide bonds. The van der Waals surface area contributed by atoms with Crippen molar-refractivity contribution in [1.82, 2.24) is 15.0 Å². The van der Waals surface area contributed by atoms with Crippen molar-refractivity contribution < 1.29 is 18.4 Å². The van der Waals surface area contributed by atoms with Crippen LogP contribution in [0.2, 0.25) is 0 Å². The highest BCUT2D eigenvalue weighted by molar-refractivity contribution is 5.76. The van der Waals surface area contributed by atoms with E-state index < -0.39 is 0 Å². The van der Waals surface area contributed by atoms with E-state index in [0.29, 0.717) is 30.2 Å². The molecule has 140 valence electrons. The molecular formula is C20H20FN3O3. The maximum atomic E-state index is 13.0. The highest BCUT2D eigenvalue weighted by Gasteiger charge is 2.14. The summed E-state index contributed by atoms with van der Waals surface area (Å²) >= 11 is 0. The molecule has 7 heteroatoms. The monoisotopic (exact) mass is 369 g/mol. The van der Waals surface area contributed by atoms with E-state index >= 15 is 0 Å². The van der Waals surface area contributed by atoms with E-state index in [2.05, 4.69) is 10.1 Å². The number of benzene rings is 2. The van der Waals surface area contributed by atoms with Crippen LogP contribution in [0.5, 0.6) is 5.75 Å². The van der Waals surface area contributed by atoms with Gasteiger partial charge < -0.3 is 14.2 Å². The molecule has 0 radical (unpaired) electrons. The highest BCUT2D eigenvalue weighted by Crippen LogP contribution is 2.17. The smallest absolute Gasteiger partial charge is 0.227 e. The minimum atomic E-state index is -0.326. The number of carbonyl (C=O) groups is 1. The minimum absolute atomic E-state index is 0.0210. The molecule has 0 atom stereocenters. The molecule has 3 aromatic rings. The van der Waals surface area contributed by atoms with E-state index in [1.165, 1.54) is 12.1 Å². The van der Waals surface area contributed by atoms with Gasteiger partial charge in [-0.3, -0.25) is 4.79 Å². The Labute approximate surface area is 156 Å². The first-order valence-electron chi connectivity index (χ1n) is 8.50. The van der Waals surface area contributed by atoms with E-state index in [9.17, 15) is 9.18 Å². The van der Waals surface area contributed by atoms with Crippen molar-refractivity contribution >= 4 is 5.91 Å². The van der Waals surface area contributed by atoms with E-state index in [1.807, 2.05) is 24.3 Å². The van der Waals surface area contributed by atoms with Gasteiger partial charge in [-0.1, -0.05) is 17.3 Å². The number of carbonyl (C=O) groups excluding carboxylic acids is 1. The molecule has 0 N–H and O–H groups in total. The third-order valence-electron chi connectivity index (χ3n) is 4.13. The number of aryl methyl sites for hydroxylation is 1. The van der Waals surface area contributed by atoms with Crippen LogP contribution in [-0.4, -0.2) is 35.1 Å². The first kappa shape index (κ1) is 18.6. The Balaban J connectivity index is 1.53. The van der Waals surface area contributed by atoms with Gasteiger partial charge in [0.05, 0.1) is 7.11 Å². The molecule has 1 heterocycles. The highest BCUT2D eigenvalue weighted by atomic mass is 19.1. The molecule has 0 aliphatic rings. The first-order chi connectivity index (χ1) is 13.0. The minimum Gasteiger partial charge on any atom is -0.497 e. The molecular weight excluding hydrogens is 349 g/mol. The molecule has 1 aromatic heterocycles. The zero-order valence-corrected chi connectivity index (χ0v) is 15.2. The van der Waals surface area contributed by atoms with Gasteiger partial charge in [0.2, 0.25) is 17.6 Å². The summed E-state index contributed by atoms with van der Waals surface area (Å²) in [5.41, 5.74) is 1.68. The fraction of sp³-hybridized carbons (Fsp3) is 0.250. The van der Waals surface area contributed by atoms with Crippen molar-refractivity contribution in [2.24, 2.45) is 0 Å². The summed E-state index contributed by atoms with van der Waals surface area (Å²) in [5, 5.41) is 3.88. The van der Waals surface area contributed by atoms with Crippen molar-refractivity contribution in [3.63, 3.8) is 0 Å². The van der Waals surface area contributed by atoms with Crippen LogP contribution in [0.3, 0.4) is 0 Å². The van der Waals surface area contributed by atoms with Crippen LogP contribution in [0, 0.1) is 5.82 Å². The molecule has 0 saturated carbocycles. The molecule has 27 heavy (non-hydrogen) atoms. The molecule has 0 aliphatic carbocycles. The second kappa shape index (κ2) is 8.44. The van der Waals surface area contributed by atoms with Gasteiger partial charge in [-0.05, 0) is 42.0 Å². The van der Waals surface area contributed by atoms with Crippen molar-refractivity contribution in [2.75, 3.05) is 14.2 Å². The van der Waals surface area contributed by atoms with Crippen LogP contribution in [0.4, 0.5) is 4.39 Å². The van der Waals surface area contributed by atoms with E-state index in [4.69, 9.17) is 9.26 Å². The third-order valence-corrected chi connectivity index (χ3v) is 4.13. The van der Waals surface area contributed by atoms with Crippen LogP contribution in [0.25, 0.3) is 11.4 Å². The number of methoxy groups -OCH3 is 1. The maximum absolute atomic E-state index is 13.0. The number of halogens is 1. The summed E-state index contributed by atoms with van der Waals surface area (Å²) in [6, 6.07) is 13.4. The number of nitrogens with zero attached hydrogens (tertiary/aromatic N) is 3. The number of amides is 1. The predicted octanol–water partition coefficient (Wildman–Crippen LogP) is 3.48. The SMILES string of the molecule is COc1ccc(CN(C)C(=O)CCc2nc(-c3ccc(F)cc3)no2)cc1. The topological polar surface area (TPSA) is 68.5 Å². The number of ether oxygens (including phenoxy) is 1. The molecule has 0 bridgehead atoms. The average Bonchev–Trinajstić information content (AvgIpc) is 3.16. The summed E-state index contributed by atoms with van der Waals surface area (Å²) in [4.78, 5) is 18.2. The van der Waals surface area contributed by atoms with Crippen LogP contribution in [-0.2, 0) is 17.8 Å². The van der Waals surface area contributed by atoms with Crippen LogP contribution in [0.1, 0.15) is 17.9 Å². The van der Waals surface area contributed by atoms with Gasteiger partial charge in [0.25, 0.3) is 0 Å². The maximum Gasteiger partial charge on any atom is 0.227 e. The Morgan fingerprint density at radius 1 is 1.15 bits per heavy atom. The van der Waals surface area contributed by atoms with Gasteiger partial charge >= 0.3 is 0 Å². The van der Waals surface area contributed by atoms with Crippen LogP contribution >= 0.6 is 0 Å². The lowest BCUT2D eigenvalue weighted by atomic mass is 10.2. The lowest BCUT2D eigenvalue weighted by molar-refractivity contribution is -0.130. The average molecular weight is 369 g/mol. The zero-order chi connectivity index (χ0) is 19.2. The van der Waals surface area contributed by atoms with E-state index in [-0.39, 0.29) is 18.1 Å². The molecule has 0 saturated heterocycles. The Morgan fingerprint density at radius 3 is 2.52 bits per heavy atom. The second-order valence-electron chi connectivity index (χ2n) is 6.12. The number of hydrogen-bond acceptors (Lipinski definition) is 5. The Kier molecular flexibility index (Phi) is 5.80. The fourth-order valence-corrected chi connectivity index (χ4v) is 2.57. The van der Waals surface area contributed by atoms with E-state index in [1.54, 1.807) is 31.2 Å². The number of rotatable bonds is 7. The molecule has 2 aromatic carbocycles. The summed E-state index contributed by atoms with van der Waals surface area (Å²) in [5.74, 6) is 1.19. The van der Waals surface area contributed by atoms with Crippen LogP contribution < -0.4 is 4.74 Å². The third kappa shape index (κ3) is 4.91. The normalized spacial score (nSPS) is 10.6. The molecule has 6 nitrogen and oxygen atoms in total. The van der Waals surface area contributed by atoms with Gasteiger partial charge in [0, 0.05) is 32.0 Å². The summed E-state index contributed by atoms with van der Waals surface area (Å²) in [7, 11) is 3.37. The molecule has 0 unspecified atom stereocenters. The Bertz CT molecular complexity index is 892. The summed E-state index contributed by atoms with van der Waals surface area (Å²) in [6.07, 6.45) is 0.609. The van der Waals surface area contributed by atoms with Crippen LogP contribution in [0.15, 0.2) is 53.1 Å². The van der Waals surface area contributed by atoms with Gasteiger partial charge in [0.15, 0.2) is 0 Å². The van der Waals surface area contributed by atoms with Crippen molar-refractivity contribution in [1.29, 1.82) is 0 Å². The Hall–Kier alpha value is -3.22. The molecule has 0 spiro atoms. The van der Waals surface area contributed by atoms with Gasteiger partial charge in [-0.2, -0.15) is 4.98 Å². The molecule has 3 rings (SSSR count). The largest absolute Gasteiger partial charge is 0.497 e. The Morgan fingerprint density at radius 2 is 1.85 bits per heavy atom. The van der Waals surface area contributed by atoms with Gasteiger partial charge in [-0.15, -0.1) is 0 Å². The fourth-order valence-electron chi connectivity index (χ4n) is 2.57. The summed E-state index contributed by atoms with van der Waals surface area (Å²) < 4.78 is 23.3. The van der Waals surface area contributed by atoms with Crippen molar-refractivity contribution in [3.05, 3.63) is 65.8 Å². The first-order valence-corrected chi connectivity index (χ1v) is 8.50. The van der Waals surface area contributed by atoms with Gasteiger partial charge in [-0.25, -0.2) is 4.39 Å². The summed E-state index contributed by atoms with van der Waals surface area (Å²) in [6.45, 7) is 0.507.